The maximum absolute atomic E-state index is 14.1. The van der Waals surface area contributed by atoms with Crippen LogP contribution in [0, 0.1) is 6.92 Å². The average Bonchev–Trinajstić information content (AvgIpc) is 3.06. The number of methoxy groups -OCH3 is 1. The van der Waals surface area contributed by atoms with Gasteiger partial charge in [0.25, 0.3) is 10.0 Å². The van der Waals surface area contributed by atoms with E-state index in [9.17, 15) is 18.0 Å². The monoisotopic (exact) mass is 629 g/mol. The quantitative estimate of drug-likeness (QED) is 0.185. The molecular formula is C35H39N3O6S. The summed E-state index contributed by atoms with van der Waals surface area (Å²) in [6.07, 6.45) is 0.734. The van der Waals surface area contributed by atoms with Crippen LogP contribution in [0.5, 0.6) is 17.2 Å². The van der Waals surface area contributed by atoms with Crippen LogP contribution in [0.1, 0.15) is 31.4 Å². The third-order valence-electron chi connectivity index (χ3n) is 7.22. The van der Waals surface area contributed by atoms with Crippen molar-refractivity contribution in [3.63, 3.8) is 0 Å². The summed E-state index contributed by atoms with van der Waals surface area (Å²) in [5, 5.41) is 2.85. The van der Waals surface area contributed by atoms with Crippen LogP contribution in [0.4, 0.5) is 5.69 Å². The number of rotatable bonds is 14. The highest BCUT2D eigenvalue weighted by molar-refractivity contribution is 7.92. The van der Waals surface area contributed by atoms with E-state index >= 15 is 0 Å². The van der Waals surface area contributed by atoms with Gasteiger partial charge in [-0.25, -0.2) is 8.42 Å². The van der Waals surface area contributed by atoms with Crippen molar-refractivity contribution in [1.82, 2.24) is 10.2 Å². The van der Waals surface area contributed by atoms with Gasteiger partial charge in [0.05, 0.1) is 17.7 Å². The van der Waals surface area contributed by atoms with Gasteiger partial charge in [0, 0.05) is 13.1 Å². The Balaban J connectivity index is 1.69. The molecule has 236 valence electrons. The number of nitrogens with one attached hydrogen (secondary N) is 1. The molecule has 0 aliphatic rings. The topological polar surface area (TPSA) is 105 Å². The fourth-order valence-electron chi connectivity index (χ4n) is 4.58. The molecule has 1 atom stereocenters. The number of anilines is 1. The first-order chi connectivity index (χ1) is 21.6. The Hall–Kier alpha value is -4.83. The van der Waals surface area contributed by atoms with Gasteiger partial charge in [-0.1, -0.05) is 55.0 Å². The number of para-hydroxylation sites is 1. The van der Waals surface area contributed by atoms with Gasteiger partial charge in [0.2, 0.25) is 11.8 Å². The van der Waals surface area contributed by atoms with Crippen molar-refractivity contribution in [2.75, 3.05) is 24.5 Å². The van der Waals surface area contributed by atoms with Gasteiger partial charge in [0.1, 0.15) is 29.8 Å². The second-order valence-corrected chi connectivity index (χ2v) is 12.4. The number of carbonyl (C=O) groups excluding carboxylic acids is 2. The van der Waals surface area contributed by atoms with Crippen molar-refractivity contribution in [2.45, 2.75) is 44.7 Å². The smallest absolute Gasteiger partial charge is 0.264 e. The zero-order chi connectivity index (χ0) is 32.4. The third-order valence-corrected chi connectivity index (χ3v) is 9.01. The lowest BCUT2D eigenvalue weighted by Crippen LogP contribution is -2.51. The number of nitrogens with zero attached hydrogens (tertiary/aromatic N) is 2. The highest BCUT2D eigenvalue weighted by atomic mass is 32.2. The molecule has 4 rings (SSSR count). The first kappa shape index (κ1) is 33.1. The van der Waals surface area contributed by atoms with Gasteiger partial charge in [0.15, 0.2) is 0 Å². The van der Waals surface area contributed by atoms with E-state index in [-0.39, 0.29) is 23.0 Å². The second kappa shape index (κ2) is 15.3. The van der Waals surface area contributed by atoms with Crippen LogP contribution >= 0.6 is 0 Å². The summed E-state index contributed by atoms with van der Waals surface area (Å²) in [5.41, 5.74) is 1.93. The Morgan fingerprint density at radius 1 is 0.822 bits per heavy atom. The fourth-order valence-corrected chi connectivity index (χ4v) is 5.99. The van der Waals surface area contributed by atoms with Gasteiger partial charge >= 0.3 is 0 Å². The van der Waals surface area contributed by atoms with E-state index in [2.05, 4.69) is 5.32 Å². The minimum absolute atomic E-state index is 0.0425. The molecule has 9 nitrogen and oxygen atoms in total. The van der Waals surface area contributed by atoms with E-state index in [1.165, 1.54) is 17.0 Å². The molecule has 0 bridgehead atoms. The van der Waals surface area contributed by atoms with Gasteiger partial charge in [-0.3, -0.25) is 13.9 Å². The molecule has 0 spiro atoms. The second-order valence-electron chi connectivity index (χ2n) is 10.6. The molecule has 0 saturated heterocycles. The standard InChI is InChI=1S/C35H39N3O6S/c1-5-23-36-35(40)27(3)37(24-28-13-17-30(43-4)18-14-28)34(39)25-38(45(41,42)33-21-11-26(2)12-22-33)29-15-19-32(20-16-29)44-31-9-7-6-8-10-31/h6-22,27H,5,23-25H2,1-4H3,(H,36,40). The van der Waals surface area contributed by atoms with E-state index in [1.54, 1.807) is 62.6 Å². The van der Waals surface area contributed by atoms with E-state index < -0.39 is 28.5 Å². The number of sulfonamides is 1. The molecule has 45 heavy (non-hydrogen) atoms. The number of carbonyl (C=O) groups is 2. The Kier molecular flexibility index (Phi) is 11.2. The fraction of sp³-hybridized carbons (Fsp3) is 0.257. The van der Waals surface area contributed by atoms with E-state index in [4.69, 9.17) is 9.47 Å². The summed E-state index contributed by atoms with van der Waals surface area (Å²) in [7, 11) is -2.62. The zero-order valence-electron chi connectivity index (χ0n) is 26.0. The predicted octanol–water partition coefficient (Wildman–Crippen LogP) is 5.93. The van der Waals surface area contributed by atoms with Crippen molar-refractivity contribution >= 4 is 27.5 Å². The number of hydrogen-bond acceptors (Lipinski definition) is 6. The van der Waals surface area contributed by atoms with E-state index in [0.29, 0.717) is 23.8 Å². The average molecular weight is 630 g/mol. The largest absolute Gasteiger partial charge is 0.497 e. The molecule has 10 heteroatoms. The maximum atomic E-state index is 14.1. The van der Waals surface area contributed by atoms with Crippen molar-refractivity contribution < 1.29 is 27.5 Å². The van der Waals surface area contributed by atoms with Gasteiger partial charge in [-0.2, -0.15) is 0 Å². The summed E-state index contributed by atoms with van der Waals surface area (Å²) in [4.78, 5) is 28.6. The van der Waals surface area contributed by atoms with Crippen LogP contribution in [0.3, 0.4) is 0 Å². The molecule has 1 unspecified atom stereocenters. The number of ether oxygens (including phenoxy) is 2. The SMILES string of the molecule is CCCNC(=O)C(C)N(Cc1ccc(OC)cc1)C(=O)CN(c1ccc(Oc2ccccc2)cc1)S(=O)(=O)c1ccc(C)cc1. The molecule has 0 aliphatic carbocycles. The highest BCUT2D eigenvalue weighted by Gasteiger charge is 2.32. The molecule has 2 amide bonds. The summed E-state index contributed by atoms with van der Waals surface area (Å²) in [6.45, 7) is 5.46. The molecular weight excluding hydrogens is 590 g/mol. The van der Waals surface area contributed by atoms with E-state index in [1.807, 2.05) is 56.3 Å². The Labute approximate surface area is 265 Å². The van der Waals surface area contributed by atoms with Crippen molar-refractivity contribution in [3.05, 3.63) is 114 Å². The molecule has 0 saturated carbocycles. The molecule has 0 aromatic heterocycles. The van der Waals surface area contributed by atoms with E-state index in [0.717, 1.165) is 21.9 Å². The maximum Gasteiger partial charge on any atom is 0.264 e. The Morgan fingerprint density at radius 2 is 1.42 bits per heavy atom. The lowest BCUT2D eigenvalue weighted by atomic mass is 10.1. The minimum Gasteiger partial charge on any atom is -0.497 e. The lowest BCUT2D eigenvalue weighted by molar-refractivity contribution is -0.139. The van der Waals surface area contributed by atoms with Crippen molar-refractivity contribution in [1.29, 1.82) is 0 Å². The van der Waals surface area contributed by atoms with Crippen LogP contribution in [0.25, 0.3) is 0 Å². The highest BCUT2D eigenvalue weighted by Crippen LogP contribution is 2.29. The van der Waals surface area contributed by atoms with Crippen LogP contribution in [0.2, 0.25) is 0 Å². The molecule has 0 heterocycles. The molecule has 0 aliphatic heterocycles. The van der Waals surface area contributed by atoms with Crippen LogP contribution < -0.4 is 19.1 Å². The summed E-state index contributed by atoms with van der Waals surface area (Å²) in [6, 6.07) is 28.5. The summed E-state index contributed by atoms with van der Waals surface area (Å²) < 4.78 is 40.4. The van der Waals surface area contributed by atoms with Crippen molar-refractivity contribution in [2.24, 2.45) is 0 Å². The normalized spacial score (nSPS) is 11.7. The van der Waals surface area contributed by atoms with Crippen molar-refractivity contribution in [3.8, 4) is 17.2 Å². The first-order valence-electron chi connectivity index (χ1n) is 14.7. The molecule has 4 aromatic rings. The Morgan fingerprint density at radius 3 is 2.02 bits per heavy atom. The first-order valence-corrected chi connectivity index (χ1v) is 16.2. The summed E-state index contributed by atoms with van der Waals surface area (Å²) in [5.74, 6) is 0.931. The summed E-state index contributed by atoms with van der Waals surface area (Å²) >= 11 is 0. The lowest BCUT2D eigenvalue weighted by Gasteiger charge is -2.32. The predicted molar refractivity (Wildman–Crippen MR) is 175 cm³/mol. The molecule has 4 aromatic carbocycles. The number of hydrogen-bond donors (Lipinski definition) is 1. The number of amides is 2. The van der Waals surface area contributed by atoms with Gasteiger partial charge in [-0.05, 0) is 86.5 Å². The van der Waals surface area contributed by atoms with Crippen LogP contribution in [-0.4, -0.2) is 51.4 Å². The molecule has 0 fully saturated rings. The van der Waals surface area contributed by atoms with Gasteiger partial charge in [-0.15, -0.1) is 0 Å². The Bertz CT molecular complexity index is 1660. The van der Waals surface area contributed by atoms with Crippen LogP contribution in [-0.2, 0) is 26.2 Å². The third kappa shape index (κ3) is 8.63. The molecule has 1 N–H and O–H groups in total. The van der Waals surface area contributed by atoms with Gasteiger partial charge < -0.3 is 19.7 Å². The number of benzene rings is 4. The van der Waals surface area contributed by atoms with Crippen LogP contribution in [0.15, 0.2) is 108 Å². The molecule has 0 radical (unpaired) electrons. The number of aryl methyl sites for hydroxylation is 1. The zero-order valence-corrected chi connectivity index (χ0v) is 26.8. The minimum atomic E-state index is -4.19.